The van der Waals surface area contributed by atoms with Gasteiger partial charge in [-0.15, -0.1) is 10.2 Å². The van der Waals surface area contributed by atoms with E-state index in [1.807, 2.05) is 11.5 Å². The molecule has 0 radical (unpaired) electrons. The monoisotopic (exact) mass is 331 g/mol. The Morgan fingerprint density at radius 1 is 0.913 bits per heavy atom. The molecular weight excluding hydrogens is 316 g/mol. The third kappa shape index (κ3) is 3.59. The van der Waals surface area contributed by atoms with E-state index in [0.29, 0.717) is 18.1 Å². The summed E-state index contributed by atoms with van der Waals surface area (Å²) in [5, 5.41) is 9.24. The number of nitrogens with zero attached hydrogens (tertiary/aromatic N) is 3. The van der Waals surface area contributed by atoms with Gasteiger partial charge in [0.05, 0.1) is 0 Å². The van der Waals surface area contributed by atoms with Crippen LogP contribution in [0.5, 0.6) is 0 Å². The standard InChI is InChI=1S/C17H15F2N3S/c1-2-22-16(13-5-9-15(19)10-6-13)20-21-17(22)23-11-12-3-7-14(18)8-4-12/h3-10H,2,11H2,1H3. The summed E-state index contributed by atoms with van der Waals surface area (Å²) in [5.74, 6) is 0.882. The molecule has 0 spiro atoms. The predicted molar refractivity (Wildman–Crippen MR) is 87.1 cm³/mol. The van der Waals surface area contributed by atoms with Crippen LogP contribution < -0.4 is 0 Å². The van der Waals surface area contributed by atoms with Gasteiger partial charge in [-0.2, -0.15) is 0 Å². The highest BCUT2D eigenvalue weighted by atomic mass is 32.2. The summed E-state index contributed by atoms with van der Waals surface area (Å²) in [5.41, 5.74) is 1.85. The summed E-state index contributed by atoms with van der Waals surface area (Å²) in [6.45, 7) is 2.73. The number of halogens is 2. The minimum atomic E-state index is -0.276. The molecule has 23 heavy (non-hydrogen) atoms. The Labute approximate surface area is 137 Å². The van der Waals surface area contributed by atoms with E-state index in [0.717, 1.165) is 16.3 Å². The molecule has 1 aromatic heterocycles. The van der Waals surface area contributed by atoms with Gasteiger partial charge < -0.3 is 4.57 Å². The number of thioether (sulfide) groups is 1. The fourth-order valence-corrected chi connectivity index (χ4v) is 3.18. The summed E-state index contributed by atoms with van der Waals surface area (Å²) in [7, 11) is 0. The normalized spacial score (nSPS) is 10.9. The molecule has 0 atom stereocenters. The lowest BCUT2D eigenvalue weighted by Crippen LogP contribution is -2.00. The Bertz CT molecular complexity index is 783. The van der Waals surface area contributed by atoms with E-state index in [9.17, 15) is 8.78 Å². The first kappa shape index (κ1) is 15.7. The largest absolute Gasteiger partial charge is 0.302 e. The van der Waals surface area contributed by atoms with E-state index in [-0.39, 0.29) is 11.6 Å². The van der Waals surface area contributed by atoms with Crippen LogP contribution in [0.4, 0.5) is 8.78 Å². The van der Waals surface area contributed by atoms with Crippen LogP contribution in [0.2, 0.25) is 0 Å². The molecule has 0 aliphatic carbocycles. The minimum absolute atomic E-state index is 0.242. The lowest BCUT2D eigenvalue weighted by Gasteiger charge is -2.07. The summed E-state index contributed by atoms with van der Waals surface area (Å²) in [6.07, 6.45) is 0. The van der Waals surface area contributed by atoms with Gasteiger partial charge in [-0.25, -0.2) is 8.78 Å². The topological polar surface area (TPSA) is 30.7 Å². The summed E-state index contributed by atoms with van der Waals surface area (Å²) < 4.78 is 28.0. The molecule has 118 valence electrons. The number of hydrogen-bond acceptors (Lipinski definition) is 3. The third-order valence-electron chi connectivity index (χ3n) is 3.42. The summed E-state index contributed by atoms with van der Waals surface area (Å²) in [6, 6.07) is 12.6. The van der Waals surface area contributed by atoms with Crippen molar-refractivity contribution in [1.29, 1.82) is 0 Å². The molecule has 1 heterocycles. The second-order valence-electron chi connectivity index (χ2n) is 4.97. The van der Waals surface area contributed by atoms with Crippen LogP contribution in [-0.2, 0) is 12.3 Å². The Morgan fingerprint density at radius 3 is 2.13 bits per heavy atom. The number of rotatable bonds is 5. The highest BCUT2D eigenvalue weighted by molar-refractivity contribution is 7.98. The zero-order chi connectivity index (χ0) is 16.2. The second kappa shape index (κ2) is 6.91. The lowest BCUT2D eigenvalue weighted by atomic mass is 10.2. The second-order valence-corrected chi connectivity index (χ2v) is 5.91. The van der Waals surface area contributed by atoms with Gasteiger partial charge in [0.2, 0.25) is 0 Å². The van der Waals surface area contributed by atoms with Crippen molar-refractivity contribution >= 4 is 11.8 Å². The molecule has 0 bridgehead atoms. The van der Waals surface area contributed by atoms with Crippen molar-refractivity contribution in [2.24, 2.45) is 0 Å². The van der Waals surface area contributed by atoms with Crippen molar-refractivity contribution < 1.29 is 8.78 Å². The van der Waals surface area contributed by atoms with Gasteiger partial charge in [0, 0.05) is 17.9 Å². The van der Waals surface area contributed by atoms with Crippen molar-refractivity contribution in [2.75, 3.05) is 0 Å². The predicted octanol–water partition coefficient (Wildman–Crippen LogP) is 4.54. The lowest BCUT2D eigenvalue weighted by molar-refractivity contribution is 0.627. The molecule has 0 amide bonds. The summed E-state index contributed by atoms with van der Waals surface area (Å²) in [4.78, 5) is 0. The first-order chi connectivity index (χ1) is 11.2. The average Bonchev–Trinajstić information content (AvgIpc) is 2.98. The van der Waals surface area contributed by atoms with E-state index < -0.39 is 0 Å². The maximum atomic E-state index is 13.1. The van der Waals surface area contributed by atoms with E-state index in [1.54, 1.807) is 36.0 Å². The third-order valence-corrected chi connectivity index (χ3v) is 4.45. The molecule has 0 saturated heterocycles. The van der Waals surface area contributed by atoms with Gasteiger partial charge in [0.15, 0.2) is 11.0 Å². The first-order valence-corrected chi connectivity index (χ1v) is 8.22. The molecule has 6 heteroatoms. The number of benzene rings is 2. The number of aromatic nitrogens is 3. The Kier molecular flexibility index (Phi) is 4.71. The van der Waals surface area contributed by atoms with Crippen molar-refractivity contribution in [3.8, 4) is 11.4 Å². The van der Waals surface area contributed by atoms with Crippen LogP contribution in [0.25, 0.3) is 11.4 Å². The van der Waals surface area contributed by atoms with Gasteiger partial charge in [-0.05, 0) is 48.9 Å². The van der Waals surface area contributed by atoms with E-state index in [2.05, 4.69) is 10.2 Å². The molecule has 0 aliphatic heterocycles. The van der Waals surface area contributed by atoms with Crippen molar-refractivity contribution in [3.05, 3.63) is 65.7 Å². The van der Waals surface area contributed by atoms with Crippen molar-refractivity contribution in [3.63, 3.8) is 0 Å². The fourth-order valence-electron chi connectivity index (χ4n) is 2.22. The highest BCUT2D eigenvalue weighted by Crippen LogP contribution is 2.26. The smallest absolute Gasteiger partial charge is 0.191 e. The fraction of sp³-hybridized carbons (Fsp3) is 0.176. The molecule has 0 saturated carbocycles. The molecule has 0 N–H and O–H groups in total. The molecule has 0 unspecified atom stereocenters. The SMILES string of the molecule is CCn1c(SCc2ccc(F)cc2)nnc1-c1ccc(F)cc1. The van der Waals surface area contributed by atoms with Crippen LogP contribution >= 0.6 is 11.8 Å². The minimum Gasteiger partial charge on any atom is -0.302 e. The van der Waals surface area contributed by atoms with E-state index >= 15 is 0 Å². The van der Waals surface area contributed by atoms with Crippen molar-refractivity contribution in [2.45, 2.75) is 24.4 Å². The zero-order valence-corrected chi connectivity index (χ0v) is 13.4. The highest BCUT2D eigenvalue weighted by Gasteiger charge is 2.13. The maximum absolute atomic E-state index is 13.1. The summed E-state index contributed by atoms with van der Waals surface area (Å²) >= 11 is 1.54. The average molecular weight is 331 g/mol. The van der Waals surface area contributed by atoms with Gasteiger partial charge in [-0.1, -0.05) is 23.9 Å². The molecule has 3 aromatic rings. The van der Waals surface area contributed by atoms with E-state index in [1.165, 1.54) is 24.3 Å². The Hall–Kier alpha value is -2.21. The molecule has 0 aliphatic rings. The van der Waals surface area contributed by atoms with Gasteiger partial charge in [0.1, 0.15) is 11.6 Å². The van der Waals surface area contributed by atoms with Crippen LogP contribution in [0.1, 0.15) is 12.5 Å². The number of hydrogen-bond donors (Lipinski definition) is 0. The quantitative estimate of drug-likeness (QED) is 0.643. The zero-order valence-electron chi connectivity index (χ0n) is 12.5. The molecule has 3 rings (SSSR count). The van der Waals surface area contributed by atoms with Crippen molar-refractivity contribution in [1.82, 2.24) is 14.8 Å². The van der Waals surface area contributed by atoms with Crippen LogP contribution in [-0.4, -0.2) is 14.8 Å². The Balaban J connectivity index is 1.80. The maximum Gasteiger partial charge on any atom is 0.191 e. The van der Waals surface area contributed by atoms with Crippen LogP contribution in [0, 0.1) is 11.6 Å². The molecule has 3 nitrogen and oxygen atoms in total. The van der Waals surface area contributed by atoms with Crippen LogP contribution in [0.15, 0.2) is 53.7 Å². The molecular formula is C17H15F2N3S. The van der Waals surface area contributed by atoms with Gasteiger partial charge in [-0.3, -0.25) is 0 Å². The molecule has 2 aromatic carbocycles. The van der Waals surface area contributed by atoms with E-state index in [4.69, 9.17) is 0 Å². The first-order valence-electron chi connectivity index (χ1n) is 7.23. The van der Waals surface area contributed by atoms with Gasteiger partial charge >= 0.3 is 0 Å². The molecule has 0 fully saturated rings. The van der Waals surface area contributed by atoms with Gasteiger partial charge in [0.25, 0.3) is 0 Å². The van der Waals surface area contributed by atoms with Crippen LogP contribution in [0.3, 0.4) is 0 Å². The Morgan fingerprint density at radius 2 is 1.52 bits per heavy atom.